The van der Waals surface area contributed by atoms with Crippen LogP contribution in [-0.2, 0) is 10.0 Å². The van der Waals surface area contributed by atoms with Gasteiger partial charge in [0.05, 0.1) is 45.7 Å². The smallest absolute Gasteiger partial charge is 0.224 e. The van der Waals surface area contributed by atoms with Crippen LogP contribution in [0.1, 0.15) is 31.7 Å². The van der Waals surface area contributed by atoms with Crippen molar-refractivity contribution in [2.75, 3.05) is 37.0 Å². The molecule has 0 radical (unpaired) electrons. The fourth-order valence-corrected chi connectivity index (χ4v) is 6.18. The molecule has 0 spiro atoms. The number of anilines is 2. The molecule has 38 heavy (non-hydrogen) atoms. The van der Waals surface area contributed by atoms with E-state index in [1.54, 1.807) is 20.0 Å². The van der Waals surface area contributed by atoms with E-state index in [4.69, 9.17) is 4.98 Å². The van der Waals surface area contributed by atoms with Gasteiger partial charge in [0.1, 0.15) is 22.4 Å². The summed E-state index contributed by atoms with van der Waals surface area (Å²) in [6.07, 6.45) is 0.951. The molecule has 1 aliphatic rings. The molecule has 0 bridgehead atoms. The maximum absolute atomic E-state index is 11.7. The molecule has 12 nitrogen and oxygen atoms in total. The lowest BCUT2D eigenvalue weighted by Crippen LogP contribution is -2.40. The molecule has 3 heterocycles. The Hall–Kier alpha value is -2.49. The van der Waals surface area contributed by atoms with Gasteiger partial charge in [-0.15, -0.1) is 11.3 Å². The molecule has 1 aliphatic carbocycles. The Morgan fingerprint density at radius 2 is 1.87 bits per heavy atom. The molecule has 208 valence electrons. The lowest BCUT2D eigenvalue weighted by atomic mass is 9.88. The van der Waals surface area contributed by atoms with Crippen molar-refractivity contribution in [2.45, 2.75) is 58.0 Å². The normalized spacial score (nSPS) is 22.4. The summed E-state index contributed by atoms with van der Waals surface area (Å²) in [5.74, 6) is 0.150. The Morgan fingerprint density at radius 1 is 1.16 bits per heavy atom. The van der Waals surface area contributed by atoms with Crippen LogP contribution in [0.25, 0.3) is 20.8 Å². The number of rotatable bonds is 9. The predicted octanol–water partition coefficient (Wildman–Crippen LogP) is 1.36. The Kier molecular flexibility index (Phi) is 7.94. The highest BCUT2D eigenvalue weighted by Gasteiger charge is 2.48. The van der Waals surface area contributed by atoms with Gasteiger partial charge in [0.2, 0.25) is 16.0 Å². The average molecular weight is 566 g/mol. The summed E-state index contributed by atoms with van der Waals surface area (Å²) in [5, 5.41) is 39.0. The van der Waals surface area contributed by atoms with E-state index in [2.05, 4.69) is 25.6 Å². The highest BCUT2D eigenvalue weighted by molar-refractivity contribution is 7.88. The molecule has 1 fully saturated rings. The zero-order valence-electron chi connectivity index (χ0n) is 22.3. The van der Waals surface area contributed by atoms with Crippen LogP contribution in [-0.4, -0.2) is 98.2 Å². The second-order valence-electron chi connectivity index (χ2n) is 10.4. The van der Waals surface area contributed by atoms with Crippen molar-refractivity contribution >= 4 is 43.3 Å². The zero-order valence-corrected chi connectivity index (χ0v) is 23.9. The summed E-state index contributed by atoms with van der Waals surface area (Å²) in [6.45, 7) is 7.44. The van der Waals surface area contributed by atoms with Crippen LogP contribution < -0.4 is 10.6 Å². The Balaban J connectivity index is 1.70. The van der Waals surface area contributed by atoms with E-state index in [0.717, 1.165) is 22.2 Å². The Labute approximate surface area is 226 Å². The second kappa shape index (κ2) is 10.6. The SMILES string of the molecule is Cc1nc(NCCN(C)S(C)(=O)=O)nc(NC2C[C@H](C(C)(C)O)[C@@H](O)[C@H]2O)c1-c1nc2c(C)nccc2s1. The number of thiazole rings is 1. The molecule has 0 aliphatic heterocycles. The molecule has 1 unspecified atom stereocenters. The van der Waals surface area contributed by atoms with Crippen LogP contribution in [0.5, 0.6) is 0 Å². The first-order valence-corrected chi connectivity index (χ1v) is 14.9. The molecule has 3 aromatic rings. The van der Waals surface area contributed by atoms with Crippen molar-refractivity contribution in [3.8, 4) is 10.6 Å². The summed E-state index contributed by atoms with van der Waals surface area (Å²) in [7, 11) is -1.83. The van der Waals surface area contributed by atoms with E-state index in [9.17, 15) is 23.7 Å². The largest absolute Gasteiger partial charge is 0.390 e. The fraction of sp³-hybridized carbons (Fsp3) is 0.583. The minimum atomic E-state index is -3.32. The van der Waals surface area contributed by atoms with Crippen molar-refractivity contribution in [1.29, 1.82) is 0 Å². The minimum absolute atomic E-state index is 0.219. The summed E-state index contributed by atoms with van der Waals surface area (Å²) >= 11 is 1.47. The fourth-order valence-electron chi connectivity index (χ4n) is 4.65. The molecule has 3 aromatic heterocycles. The lowest BCUT2D eigenvalue weighted by Gasteiger charge is -2.28. The first-order chi connectivity index (χ1) is 17.7. The summed E-state index contributed by atoms with van der Waals surface area (Å²) in [5.41, 5.74) is 1.67. The molecule has 1 saturated carbocycles. The first-order valence-electron chi connectivity index (χ1n) is 12.3. The second-order valence-corrected chi connectivity index (χ2v) is 13.5. The van der Waals surface area contributed by atoms with Gasteiger partial charge in [0.15, 0.2) is 0 Å². The third-order valence-electron chi connectivity index (χ3n) is 6.98. The molecule has 14 heteroatoms. The predicted molar refractivity (Wildman–Crippen MR) is 148 cm³/mol. The number of pyridine rings is 1. The van der Waals surface area contributed by atoms with E-state index in [0.29, 0.717) is 28.5 Å². The highest BCUT2D eigenvalue weighted by Crippen LogP contribution is 2.40. The average Bonchev–Trinajstić information content (AvgIpc) is 3.35. The number of hydrogen-bond acceptors (Lipinski definition) is 12. The van der Waals surface area contributed by atoms with Gasteiger partial charge < -0.3 is 26.0 Å². The quantitative estimate of drug-likeness (QED) is 0.253. The number of nitrogens with zero attached hydrogens (tertiary/aromatic N) is 5. The molecular weight excluding hydrogens is 530 g/mol. The third-order valence-corrected chi connectivity index (χ3v) is 9.33. The molecule has 4 atom stereocenters. The summed E-state index contributed by atoms with van der Waals surface area (Å²) in [4.78, 5) is 18.4. The minimum Gasteiger partial charge on any atom is -0.390 e. The van der Waals surface area contributed by atoms with Crippen molar-refractivity contribution in [3.63, 3.8) is 0 Å². The van der Waals surface area contributed by atoms with Crippen molar-refractivity contribution in [3.05, 3.63) is 23.7 Å². The number of aliphatic hydroxyl groups is 3. The van der Waals surface area contributed by atoms with Crippen LogP contribution in [0.2, 0.25) is 0 Å². The van der Waals surface area contributed by atoms with Crippen LogP contribution in [0.15, 0.2) is 12.3 Å². The molecule has 0 amide bonds. The van der Waals surface area contributed by atoms with Gasteiger partial charge >= 0.3 is 0 Å². The first kappa shape index (κ1) is 28.5. The monoisotopic (exact) mass is 565 g/mol. The van der Waals surface area contributed by atoms with Crippen LogP contribution in [0, 0.1) is 19.8 Å². The number of fused-ring (bicyclic) bond motifs is 1. The summed E-state index contributed by atoms with van der Waals surface area (Å²) in [6, 6.07) is 1.31. The van der Waals surface area contributed by atoms with Crippen molar-refractivity contribution < 1.29 is 23.7 Å². The van der Waals surface area contributed by atoms with Gasteiger partial charge in [-0.3, -0.25) is 4.98 Å². The zero-order chi connectivity index (χ0) is 28.0. The van der Waals surface area contributed by atoms with Gasteiger partial charge in [-0.1, -0.05) is 0 Å². The third kappa shape index (κ3) is 5.90. The standard InChI is InChI=1S/C24H35N7O5S2/c1-12-17(22-29-18-13(2)25-8-7-16(18)37-22)21(28-15-11-14(24(3,4)34)19(32)20(15)33)30-23(27-12)26-9-10-31(5)38(6,35)36/h7-8,14-15,19-20,32-34H,9-11H2,1-6H3,(H2,26,27,28,30)/t14-,15?,19+,20-/m0/s1. The molecule has 0 aromatic carbocycles. The number of nitrogens with one attached hydrogen (secondary N) is 2. The number of aromatic nitrogens is 4. The lowest BCUT2D eigenvalue weighted by molar-refractivity contribution is -0.0601. The summed E-state index contributed by atoms with van der Waals surface area (Å²) < 4.78 is 25.6. The van der Waals surface area contributed by atoms with Gasteiger partial charge in [0.25, 0.3) is 0 Å². The molecular formula is C24H35N7O5S2. The van der Waals surface area contributed by atoms with Crippen LogP contribution >= 0.6 is 11.3 Å². The van der Waals surface area contributed by atoms with Crippen LogP contribution in [0.3, 0.4) is 0 Å². The molecule has 4 rings (SSSR count). The highest BCUT2D eigenvalue weighted by atomic mass is 32.2. The van der Waals surface area contributed by atoms with E-state index in [1.807, 2.05) is 19.9 Å². The van der Waals surface area contributed by atoms with Gasteiger partial charge in [-0.25, -0.2) is 22.7 Å². The maximum Gasteiger partial charge on any atom is 0.224 e. The number of hydrogen-bond donors (Lipinski definition) is 5. The van der Waals surface area contributed by atoms with Gasteiger partial charge in [0, 0.05) is 32.3 Å². The number of sulfonamides is 1. The van der Waals surface area contributed by atoms with E-state index in [-0.39, 0.29) is 19.0 Å². The Morgan fingerprint density at radius 3 is 2.47 bits per heavy atom. The van der Waals surface area contributed by atoms with E-state index < -0.39 is 39.8 Å². The van der Waals surface area contributed by atoms with Gasteiger partial charge in [-0.2, -0.15) is 4.98 Å². The van der Waals surface area contributed by atoms with Crippen molar-refractivity contribution in [1.82, 2.24) is 24.2 Å². The molecule has 5 N–H and O–H groups in total. The van der Waals surface area contributed by atoms with E-state index >= 15 is 0 Å². The topological polar surface area (TPSA) is 174 Å². The molecule has 0 saturated heterocycles. The number of likely N-dealkylation sites (N-methyl/N-ethyl adjacent to an activating group) is 1. The maximum atomic E-state index is 11.7. The number of aliphatic hydroxyl groups excluding tert-OH is 2. The van der Waals surface area contributed by atoms with Crippen LogP contribution in [0.4, 0.5) is 11.8 Å². The van der Waals surface area contributed by atoms with Crippen molar-refractivity contribution in [2.24, 2.45) is 5.92 Å². The van der Waals surface area contributed by atoms with Gasteiger partial charge in [-0.05, 0) is 40.2 Å². The Bertz CT molecular complexity index is 1420. The van der Waals surface area contributed by atoms with E-state index in [1.165, 1.54) is 22.7 Å². The number of aryl methyl sites for hydroxylation is 2.